The van der Waals surface area contributed by atoms with E-state index >= 15 is 0 Å². The molecule has 0 bridgehead atoms. The molecule has 2 rings (SSSR count). The first-order chi connectivity index (χ1) is 8.66. The van der Waals surface area contributed by atoms with Gasteiger partial charge < -0.3 is 10.4 Å². The van der Waals surface area contributed by atoms with Gasteiger partial charge in [0, 0.05) is 12.7 Å². The van der Waals surface area contributed by atoms with Gasteiger partial charge in [-0.05, 0) is 18.6 Å². The van der Waals surface area contributed by atoms with E-state index < -0.39 is 0 Å². The van der Waals surface area contributed by atoms with Gasteiger partial charge in [-0.1, -0.05) is 29.8 Å². The molecule has 2 N–H and O–H groups in total. The van der Waals surface area contributed by atoms with Gasteiger partial charge in [-0.25, -0.2) is 0 Å². The first kappa shape index (κ1) is 12.1. The van der Waals surface area contributed by atoms with Crippen molar-refractivity contribution in [2.45, 2.75) is 13.5 Å². The number of amides is 1. The molecule has 1 heterocycles. The minimum atomic E-state index is -0.309. The van der Waals surface area contributed by atoms with Gasteiger partial charge in [0.2, 0.25) is 0 Å². The molecular weight excluding hydrogens is 228 g/mol. The maximum absolute atomic E-state index is 11.8. The molecule has 0 aliphatic carbocycles. The number of aromatic hydroxyl groups is 1. The standard InChI is InChI=1S/C14H14N2O2/c1-10-3-2-4-11(7-10)8-16-14(18)12-5-6-15-9-13(12)17/h2-7,9,17H,8H2,1H3,(H,16,18). The maximum atomic E-state index is 11.8. The van der Waals surface area contributed by atoms with Gasteiger partial charge in [-0.3, -0.25) is 9.78 Å². The van der Waals surface area contributed by atoms with Crippen molar-refractivity contribution in [2.75, 3.05) is 0 Å². The molecule has 0 atom stereocenters. The molecule has 92 valence electrons. The number of nitrogens with one attached hydrogen (secondary N) is 1. The molecule has 0 aliphatic rings. The third kappa shape index (κ3) is 2.85. The van der Waals surface area contributed by atoms with E-state index in [1.54, 1.807) is 0 Å². The summed E-state index contributed by atoms with van der Waals surface area (Å²) in [7, 11) is 0. The Labute approximate surface area is 105 Å². The maximum Gasteiger partial charge on any atom is 0.255 e. The Morgan fingerprint density at radius 1 is 1.39 bits per heavy atom. The highest BCUT2D eigenvalue weighted by atomic mass is 16.3. The Morgan fingerprint density at radius 2 is 2.22 bits per heavy atom. The van der Waals surface area contributed by atoms with Gasteiger partial charge in [-0.15, -0.1) is 0 Å². The fourth-order valence-electron chi connectivity index (χ4n) is 1.68. The van der Waals surface area contributed by atoms with Crippen LogP contribution in [0, 0.1) is 6.92 Å². The van der Waals surface area contributed by atoms with E-state index in [0.717, 1.165) is 11.1 Å². The van der Waals surface area contributed by atoms with E-state index in [1.807, 2.05) is 31.2 Å². The van der Waals surface area contributed by atoms with E-state index in [-0.39, 0.29) is 17.2 Å². The van der Waals surface area contributed by atoms with Crippen molar-refractivity contribution in [1.29, 1.82) is 0 Å². The van der Waals surface area contributed by atoms with Crippen LogP contribution < -0.4 is 5.32 Å². The van der Waals surface area contributed by atoms with Crippen molar-refractivity contribution in [2.24, 2.45) is 0 Å². The van der Waals surface area contributed by atoms with Crippen molar-refractivity contribution >= 4 is 5.91 Å². The summed E-state index contributed by atoms with van der Waals surface area (Å²) >= 11 is 0. The number of rotatable bonds is 3. The lowest BCUT2D eigenvalue weighted by Crippen LogP contribution is -2.22. The average molecular weight is 242 g/mol. The largest absolute Gasteiger partial charge is 0.505 e. The van der Waals surface area contributed by atoms with E-state index in [2.05, 4.69) is 10.3 Å². The summed E-state index contributed by atoms with van der Waals surface area (Å²) in [6, 6.07) is 9.38. The summed E-state index contributed by atoms with van der Waals surface area (Å²) in [6.45, 7) is 2.43. The van der Waals surface area contributed by atoms with E-state index in [0.29, 0.717) is 6.54 Å². The summed E-state index contributed by atoms with van der Waals surface area (Å²) in [5, 5.41) is 12.3. The van der Waals surface area contributed by atoms with E-state index in [1.165, 1.54) is 18.5 Å². The topological polar surface area (TPSA) is 62.2 Å². The van der Waals surface area contributed by atoms with Gasteiger partial charge in [0.25, 0.3) is 5.91 Å². The van der Waals surface area contributed by atoms with Crippen molar-refractivity contribution < 1.29 is 9.90 Å². The van der Waals surface area contributed by atoms with Crippen LogP contribution >= 0.6 is 0 Å². The number of hydrogen-bond acceptors (Lipinski definition) is 3. The van der Waals surface area contributed by atoms with Gasteiger partial charge in [0.1, 0.15) is 5.75 Å². The molecule has 0 fully saturated rings. The average Bonchev–Trinajstić information content (AvgIpc) is 2.37. The summed E-state index contributed by atoms with van der Waals surface area (Å²) < 4.78 is 0. The number of carbonyl (C=O) groups is 1. The van der Waals surface area contributed by atoms with Gasteiger partial charge in [0.15, 0.2) is 0 Å². The highest BCUT2D eigenvalue weighted by Crippen LogP contribution is 2.13. The van der Waals surface area contributed by atoms with E-state index in [9.17, 15) is 9.90 Å². The van der Waals surface area contributed by atoms with Crippen molar-refractivity contribution in [1.82, 2.24) is 10.3 Å². The smallest absolute Gasteiger partial charge is 0.255 e. The highest BCUT2D eigenvalue weighted by molar-refractivity contribution is 5.96. The number of nitrogens with zero attached hydrogens (tertiary/aromatic N) is 1. The Kier molecular flexibility index (Phi) is 3.57. The monoisotopic (exact) mass is 242 g/mol. The second-order valence-corrected chi connectivity index (χ2v) is 4.06. The lowest BCUT2D eigenvalue weighted by molar-refractivity contribution is 0.0948. The van der Waals surface area contributed by atoms with Crippen LogP contribution in [0.4, 0.5) is 0 Å². The number of hydrogen-bond donors (Lipinski definition) is 2. The molecule has 0 radical (unpaired) electrons. The fourth-order valence-corrected chi connectivity index (χ4v) is 1.68. The predicted octanol–water partition coefficient (Wildman–Crippen LogP) is 2.03. The zero-order valence-electron chi connectivity index (χ0n) is 10.1. The molecular formula is C14H14N2O2. The lowest BCUT2D eigenvalue weighted by Gasteiger charge is -2.07. The molecule has 4 heteroatoms. The summed E-state index contributed by atoms with van der Waals surface area (Å²) in [4.78, 5) is 15.6. The molecule has 4 nitrogen and oxygen atoms in total. The summed E-state index contributed by atoms with van der Waals surface area (Å²) in [5.41, 5.74) is 2.41. The number of pyridine rings is 1. The zero-order valence-corrected chi connectivity index (χ0v) is 10.1. The zero-order chi connectivity index (χ0) is 13.0. The van der Waals surface area contributed by atoms with Gasteiger partial charge in [0.05, 0.1) is 11.8 Å². The molecule has 18 heavy (non-hydrogen) atoms. The molecule has 0 unspecified atom stereocenters. The van der Waals surface area contributed by atoms with Crippen LogP contribution in [0.15, 0.2) is 42.7 Å². The Morgan fingerprint density at radius 3 is 2.94 bits per heavy atom. The van der Waals surface area contributed by atoms with Crippen LogP contribution in [0.1, 0.15) is 21.5 Å². The van der Waals surface area contributed by atoms with Crippen molar-refractivity contribution in [3.8, 4) is 5.75 Å². The molecule has 1 amide bonds. The lowest BCUT2D eigenvalue weighted by atomic mass is 10.1. The first-order valence-corrected chi connectivity index (χ1v) is 5.63. The van der Waals surface area contributed by atoms with Crippen LogP contribution in [0.2, 0.25) is 0 Å². The van der Waals surface area contributed by atoms with Crippen LogP contribution in [-0.4, -0.2) is 16.0 Å². The third-order valence-corrected chi connectivity index (χ3v) is 2.58. The molecule has 0 saturated heterocycles. The number of benzene rings is 1. The number of aryl methyl sites for hydroxylation is 1. The molecule has 0 saturated carbocycles. The van der Waals surface area contributed by atoms with E-state index in [4.69, 9.17) is 0 Å². The molecule has 0 aliphatic heterocycles. The SMILES string of the molecule is Cc1cccc(CNC(=O)c2ccncc2O)c1. The molecule has 2 aromatic rings. The predicted molar refractivity (Wildman–Crippen MR) is 68.3 cm³/mol. The van der Waals surface area contributed by atoms with Crippen LogP contribution in [0.25, 0.3) is 0 Å². The molecule has 1 aromatic heterocycles. The molecule has 0 spiro atoms. The third-order valence-electron chi connectivity index (χ3n) is 2.58. The summed E-state index contributed by atoms with van der Waals surface area (Å²) in [5.74, 6) is -0.421. The fraction of sp³-hybridized carbons (Fsp3) is 0.143. The van der Waals surface area contributed by atoms with Crippen LogP contribution in [0.3, 0.4) is 0 Å². The number of aromatic nitrogens is 1. The minimum absolute atomic E-state index is 0.112. The summed E-state index contributed by atoms with van der Waals surface area (Å²) in [6.07, 6.45) is 2.73. The Balaban J connectivity index is 2.03. The van der Waals surface area contributed by atoms with Gasteiger partial charge in [-0.2, -0.15) is 0 Å². The highest BCUT2D eigenvalue weighted by Gasteiger charge is 2.09. The Bertz CT molecular complexity index is 567. The van der Waals surface area contributed by atoms with Crippen LogP contribution in [0.5, 0.6) is 5.75 Å². The Hall–Kier alpha value is -2.36. The van der Waals surface area contributed by atoms with Crippen molar-refractivity contribution in [3.05, 3.63) is 59.4 Å². The normalized spacial score (nSPS) is 10.1. The minimum Gasteiger partial charge on any atom is -0.505 e. The second-order valence-electron chi connectivity index (χ2n) is 4.06. The second kappa shape index (κ2) is 5.31. The number of carbonyl (C=O) groups excluding carboxylic acids is 1. The molecule has 1 aromatic carbocycles. The quantitative estimate of drug-likeness (QED) is 0.865. The van der Waals surface area contributed by atoms with Crippen molar-refractivity contribution in [3.63, 3.8) is 0 Å². The first-order valence-electron chi connectivity index (χ1n) is 5.63. The van der Waals surface area contributed by atoms with Crippen LogP contribution in [-0.2, 0) is 6.54 Å². The van der Waals surface area contributed by atoms with Gasteiger partial charge >= 0.3 is 0 Å².